The van der Waals surface area contributed by atoms with Crippen LogP contribution < -0.4 is 5.73 Å². The Kier molecular flexibility index (Phi) is 2.07. The van der Waals surface area contributed by atoms with Crippen molar-refractivity contribution in [1.29, 1.82) is 0 Å². The van der Waals surface area contributed by atoms with Gasteiger partial charge in [0.25, 0.3) is 0 Å². The molecular weight excluding hydrogens is 164 g/mol. The highest BCUT2D eigenvalue weighted by Crippen LogP contribution is 2.23. The monoisotopic (exact) mass is 180 g/mol. The van der Waals surface area contributed by atoms with Gasteiger partial charge in [-0.2, -0.15) is 5.10 Å². The summed E-state index contributed by atoms with van der Waals surface area (Å²) in [5.74, 6) is 2.51. The smallest absolute Gasteiger partial charge is 0.150 e. The van der Waals surface area contributed by atoms with E-state index in [2.05, 4.69) is 23.9 Å². The van der Waals surface area contributed by atoms with Crippen molar-refractivity contribution >= 4 is 0 Å². The lowest BCUT2D eigenvalue weighted by molar-refractivity contribution is 0.381. The Morgan fingerprint density at radius 2 is 2.38 bits per heavy atom. The second-order valence-electron chi connectivity index (χ2n) is 3.82. The Morgan fingerprint density at radius 1 is 1.62 bits per heavy atom. The van der Waals surface area contributed by atoms with Crippen LogP contribution in [0.3, 0.4) is 0 Å². The number of nitrogens with two attached hydrogens (primary N) is 1. The van der Waals surface area contributed by atoms with E-state index < -0.39 is 0 Å². The molecule has 1 aromatic rings. The fraction of sp³-hybridized carbons (Fsp3) is 0.778. The average Bonchev–Trinajstić information content (AvgIpc) is 2.47. The maximum absolute atomic E-state index is 5.90. The average molecular weight is 180 g/mol. The molecule has 2 atom stereocenters. The van der Waals surface area contributed by atoms with E-state index >= 15 is 0 Å². The molecule has 1 aromatic heterocycles. The third-order valence-electron chi connectivity index (χ3n) is 2.56. The SMILES string of the molecule is CCc1nc2n(n1)CC(N)CC2C. The van der Waals surface area contributed by atoms with Gasteiger partial charge < -0.3 is 5.73 Å². The zero-order valence-electron chi connectivity index (χ0n) is 8.20. The van der Waals surface area contributed by atoms with Gasteiger partial charge in [0, 0.05) is 18.4 Å². The van der Waals surface area contributed by atoms with E-state index in [0.717, 1.165) is 31.0 Å². The third-order valence-corrected chi connectivity index (χ3v) is 2.56. The minimum Gasteiger partial charge on any atom is -0.326 e. The number of fused-ring (bicyclic) bond motifs is 1. The van der Waals surface area contributed by atoms with Crippen molar-refractivity contribution < 1.29 is 0 Å². The van der Waals surface area contributed by atoms with Crippen molar-refractivity contribution in [2.45, 2.75) is 45.2 Å². The number of hydrogen-bond acceptors (Lipinski definition) is 3. The topological polar surface area (TPSA) is 56.7 Å². The molecule has 2 heterocycles. The first kappa shape index (κ1) is 8.69. The van der Waals surface area contributed by atoms with Crippen LogP contribution in [-0.2, 0) is 13.0 Å². The van der Waals surface area contributed by atoms with Crippen LogP contribution in [0.15, 0.2) is 0 Å². The summed E-state index contributed by atoms with van der Waals surface area (Å²) in [6.45, 7) is 5.07. The van der Waals surface area contributed by atoms with Crippen molar-refractivity contribution in [2.75, 3.05) is 0 Å². The number of aromatic nitrogens is 3. The molecule has 0 amide bonds. The molecule has 1 aliphatic heterocycles. The van der Waals surface area contributed by atoms with E-state index in [-0.39, 0.29) is 6.04 Å². The quantitative estimate of drug-likeness (QED) is 0.691. The van der Waals surface area contributed by atoms with Crippen LogP contribution in [0.1, 0.15) is 37.8 Å². The number of nitrogens with zero attached hydrogens (tertiary/aromatic N) is 3. The van der Waals surface area contributed by atoms with E-state index in [9.17, 15) is 0 Å². The fourth-order valence-electron chi connectivity index (χ4n) is 1.91. The molecule has 0 aliphatic carbocycles. The van der Waals surface area contributed by atoms with Gasteiger partial charge in [-0.3, -0.25) is 0 Å². The highest BCUT2D eigenvalue weighted by Gasteiger charge is 2.24. The normalized spacial score (nSPS) is 27.3. The minimum absolute atomic E-state index is 0.244. The predicted molar refractivity (Wildman–Crippen MR) is 50.4 cm³/mol. The largest absolute Gasteiger partial charge is 0.326 e. The first-order valence-corrected chi connectivity index (χ1v) is 4.90. The van der Waals surface area contributed by atoms with Crippen LogP contribution in [0, 0.1) is 0 Å². The lowest BCUT2D eigenvalue weighted by Gasteiger charge is -2.23. The summed E-state index contributed by atoms with van der Waals surface area (Å²) in [5.41, 5.74) is 5.90. The van der Waals surface area contributed by atoms with Gasteiger partial charge >= 0.3 is 0 Å². The first-order chi connectivity index (χ1) is 6.20. The molecule has 2 rings (SSSR count). The molecule has 4 nitrogen and oxygen atoms in total. The second-order valence-corrected chi connectivity index (χ2v) is 3.82. The van der Waals surface area contributed by atoms with E-state index in [1.165, 1.54) is 0 Å². The second kappa shape index (κ2) is 3.10. The van der Waals surface area contributed by atoms with Crippen molar-refractivity contribution in [3.05, 3.63) is 11.6 Å². The molecule has 1 aliphatic rings. The van der Waals surface area contributed by atoms with Crippen LogP contribution in [0.5, 0.6) is 0 Å². The van der Waals surface area contributed by atoms with Gasteiger partial charge in [-0.05, 0) is 6.42 Å². The molecule has 72 valence electrons. The minimum atomic E-state index is 0.244. The molecule has 0 spiro atoms. The Balaban J connectivity index is 2.35. The molecule has 2 N–H and O–H groups in total. The van der Waals surface area contributed by atoms with E-state index in [4.69, 9.17) is 5.73 Å². The first-order valence-electron chi connectivity index (χ1n) is 4.90. The molecule has 4 heteroatoms. The maximum Gasteiger partial charge on any atom is 0.150 e. The molecule has 13 heavy (non-hydrogen) atoms. The van der Waals surface area contributed by atoms with Gasteiger partial charge in [-0.1, -0.05) is 13.8 Å². The summed E-state index contributed by atoms with van der Waals surface area (Å²) in [5, 5.41) is 4.40. The summed E-state index contributed by atoms with van der Waals surface area (Å²) in [7, 11) is 0. The lowest BCUT2D eigenvalue weighted by atomic mass is 9.98. The highest BCUT2D eigenvalue weighted by molar-refractivity contribution is 5.03. The van der Waals surface area contributed by atoms with Crippen LogP contribution in [-0.4, -0.2) is 20.8 Å². The van der Waals surface area contributed by atoms with Crippen molar-refractivity contribution in [2.24, 2.45) is 5.73 Å². The number of rotatable bonds is 1. The van der Waals surface area contributed by atoms with Crippen molar-refractivity contribution in [1.82, 2.24) is 14.8 Å². The molecule has 2 unspecified atom stereocenters. The van der Waals surface area contributed by atoms with Gasteiger partial charge in [0.1, 0.15) is 5.82 Å². The zero-order chi connectivity index (χ0) is 9.42. The molecular formula is C9H16N4. The number of aryl methyl sites for hydroxylation is 1. The summed E-state index contributed by atoms with van der Waals surface area (Å²) in [4.78, 5) is 4.48. The Labute approximate surface area is 78.1 Å². The standard InChI is InChI=1S/C9H16N4/c1-3-8-11-9-6(2)4-7(10)5-13(9)12-8/h6-7H,3-5,10H2,1-2H3. The zero-order valence-corrected chi connectivity index (χ0v) is 8.20. The maximum atomic E-state index is 5.90. The Morgan fingerprint density at radius 3 is 3.08 bits per heavy atom. The van der Waals surface area contributed by atoms with Crippen molar-refractivity contribution in [3.63, 3.8) is 0 Å². The van der Waals surface area contributed by atoms with Gasteiger partial charge in [-0.25, -0.2) is 9.67 Å². The molecule has 0 bridgehead atoms. The van der Waals surface area contributed by atoms with E-state index in [1.807, 2.05) is 4.68 Å². The number of hydrogen-bond donors (Lipinski definition) is 1. The van der Waals surface area contributed by atoms with Gasteiger partial charge in [0.2, 0.25) is 0 Å². The van der Waals surface area contributed by atoms with E-state index in [1.54, 1.807) is 0 Å². The van der Waals surface area contributed by atoms with E-state index in [0.29, 0.717) is 5.92 Å². The molecule has 0 aromatic carbocycles. The van der Waals surface area contributed by atoms with Gasteiger partial charge in [0.15, 0.2) is 5.82 Å². The van der Waals surface area contributed by atoms with Crippen LogP contribution in [0.25, 0.3) is 0 Å². The summed E-state index contributed by atoms with van der Waals surface area (Å²) in [6.07, 6.45) is 1.93. The summed E-state index contributed by atoms with van der Waals surface area (Å²) in [6, 6.07) is 0.244. The third kappa shape index (κ3) is 1.46. The Bertz CT molecular complexity index is 305. The predicted octanol–water partition coefficient (Wildman–Crippen LogP) is 0.675. The van der Waals surface area contributed by atoms with Crippen LogP contribution in [0.2, 0.25) is 0 Å². The van der Waals surface area contributed by atoms with Gasteiger partial charge in [0.05, 0.1) is 6.54 Å². The Hall–Kier alpha value is -0.900. The van der Waals surface area contributed by atoms with Crippen molar-refractivity contribution in [3.8, 4) is 0 Å². The summed E-state index contributed by atoms with van der Waals surface area (Å²) >= 11 is 0. The molecule has 0 fully saturated rings. The van der Waals surface area contributed by atoms with Gasteiger partial charge in [-0.15, -0.1) is 0 Å². The molecule has 0 saturated carbocycles. The molecule has 0 saturated heterocycles. The lowest BCUT2D eigenvalue weighted by Crippen LogP contribution is -2.34. The highest BCUT2D eigenvalue weighted by atomic mass is 15.4. The summed E-state index contributed by atoms with van der Waals surface area (Å²) < 4.78 is 1.97. The fourth-order valence-corrected chi connectivity index (χ4v) is 1.91. The van der Waals surface area contributed by atoms with Crippen LogP contribution in [0.4, 0.5) is 0 Å². The van der Waals surface area contributed by atoms with Crippen LogP contribution >= 0.6 is 0 Å². The molecule has 0 radical (unpaired) electrons.